The second-order valence-electron chi connectivity index (χ2n) is 6.77. The van der Waals surface area contributed by atoms with Gasteiger partial charge >= 0.3 is 0 Å². The summed E-state index contributed by atoms with van der Waals surface area (Å²) >= 11 is 2.54. The lowest BCUT2D eigenvalue weighted by molar-refractivity contribution is -0.113. The zero-order chi connectivity index (χ0) is 21.4. The maximum absolute atomic E-state index is 13.1. The van der Waals surface area contributed by atoms with Gasteiger partial charge in [-0.25, -0.2) is 4.98 Å². The van der Waals surface area contributed by atoms with Crippen LogP contribution >= 0.6 is 23.1 Å². The number of hydrogen-bond acceptors (Lipinski definition) is 9. The van der Waals surface area contributed by atoms with Crippen molar-refractivity contribution in [3.63, 3.8) is 0 Å². The average Bonchev–Trinajstić information content (AvgIpc) is 3.49. The first kappa shape index (κ1) is 19.6. The van der Waals surface area contributed by atoms with E-state index in [0.29, 0.717) is 45.0 Å². The molecule has 0 bridgehead atoms. The minimum Gasteiger partial charge on any atom is -0.454 e. The van der Waals surface area contributed by atoms with E-state index < -0.39 is 0 Å². The van der Waals surface area contributed by atoms with Gasteiger partial charge in [0.05, 0.1) is 17.8 Å². The van der Waals surface area contributed by atoms with E-state index in [1.165, 1.54) is 23.1 Å². The summed E-state index contributed by atoms with van der Waals surface area (Å²) in [5, 5.41) is 8.71. The summed E-state index contributed by atoms with van der Waals surface area (Å²) in [4.78, 5) is 30.1. The maximum Gasteiger partial charge on any atom is 0.272 e. The number of benzene rings is 1. The molecule has 1 aliphatic rings. The lowest BCUT2D eigenvalue weighted by Gasteiger charge is -2.12. The van der Waals surface area contributed by atoms with E-state index in [1.807, 2.05) is 23.6 Å². The lowest BCUT2D eigenvalue weighted by atomic mass is 10.2. The van der Waals surface area contributed by atoms with E-state index in [9.17, 15) is 9.59 Å². The van der Waals surface area contributed by atoms with Crippen LogP contribution in [-0.2, 0) is 11.3 Å². The van der Waals surface area contributed by atoms with Gasteiger partial charge in [0.25, 0.3) is 5.56 Å². The highest BCUT2D eigenvalue weighted by molar-refractivity contribution is 7.99. The van der Waals surface area contributed by atoms with E-state index in [2.05, 4.69) is 15.5 Å². The van der Waals surface area contributed by atoms with Crippen LogP contribution in [-0.4, -0.2) is 33.2 Å². The van der Waals surface area contributed by atoms with Gasteiger partial charge in [-0.2, -0.15) is 0 Å². The number of fused-ring (bicyclic) bond motifs is 2. The van der Waals surface area contributed by atoms with Gasteiger partial charge in [-0.3, -0.25) is 14.2 Å². The summed E-state index contributed by atoms with van der Waals surface area (Å²) in [5.74, 6) is 2.07. The highest BCUT2D eigenvalue weighted by atomic mass is 32.2. The molecule has 11 heteroatoms. The number of nitrogens with zero attached hydrogens (tertiary/aromatic N) is 3. The molecule has 1 aliphatic heterocycles. The molecule has 0 saturated heterocycles. The average molecular weight is 457 g/mol. The number of aryl methyl sites for hydroxylation is 1. The molecule has 0 unspecified atom stereocenters. The second-order valence-corrected chi connectivity index (χ2v) is 8.63. The molecule has 0 aliphatic carbocycles. The minimum absolute atomic E-state index is 0.0646. The summed E-state index contributed by atoms with van der Waals surface area (Å²) in [5.41, 5.74) is 1.34. The number of ether oxygens (including phenoxy) is 2. The van der Waals surface area contributed by atoms with Crippen molar-refractivity contribution in [3.8, 4) is 11.5 Å². The van der Waals surface area contributed by atoms with Crippen molar-refractivity contribution in [2.75, 3.05) is 17.9 Å². The van der Waals surface area contributed by atoms with Crippen LogP contribution < -0.4 is 20.3 Å². The zero-order valence-corrected chi connectivity index (χ0v) is 17.9. The van der Waals surface area contributed by atoms with Crippen molar-refractivity contribution in [3.05, 3.63) is 57.4 Å². The minimum atomic E-state index is -0.271. The number of aromatic nitrogens is 3. The maximum atomic E-state index is 13.1. The molecule has 0 spiro atoms. The lowest BCUT2D eigenvalue weighted by Crippen LogP contribution is -2.24. The largest absolute Gasteiger partial charge is 0.454 e. The smallest absolute Gasteiger partial charge is 0.272 e. The molecule has 0 saturated carbocycles. The van der Waals surface area contributed by atoms with Crippen molar-refractivity contribution in [1.29, 1.82) is 0 Å². The molecule has 9 nitrogen and oxygen atoms in total. The number of rotatable bonds is 6. The van der Waals surface area contributed by atoms with Crippen LogP contribution in [0, 0.1) is 6.92 Å². The highest BCUT2D eigenvalue weighted by Crippen LogP contribution is 2.33. The van der Waals surface area contributed by atoms with Gasteiger partial charge in [0, 0.05) is 6.07 Å². The zero-order valence-electron chi connectivity index (χ0n) is 16.3. The molecule has 4 aromatic rings. The van der Waals surface area contributed by atoms with Crippen LogP contribution in [0.2, 0.25) is 0 Å². The molecule has 158 valence electrons. The van der Waals surface area contributed by atoms with E-state index in [-0.39, 0.29) is 24.0 Å². The Morgan fingerprint density at radius 1 is 1.26 bits per heavy atom. The van der Waals surface area contributed by atoms with Crippen LogP contribution in [0.25, 0.3) is 10.2 Å². The number of carbonyl (C=O) groups is 1. The molecular weight excluding hydrogens is 440 g/mol. The third-order valence-corrected chi connectivity index (χ3v) is 6.40. The monoisotopic (exact) mass is 456 g/mol. The number of carbonyl (C=O) groups excluding carboxylic acids is 1. The summed E-state index contributed by atoms with van der Waals surface area (Å²) in [6, 6.07) is 8.98. The van der Waals surface area contributed by atoms with Gasteiger partial charge in [0.2, 0.25) is 12.7 Å². The molecule has 0 radical (unpaired) electrons. The van der Waals surface area contributed by atoms with Crippen molar-refractivity contribution in [2.24, 2.45) is 0 Å². The molecule has 31 heavy (non-hydrogen) atoms. The summed E-state index contributed by atoms with van der Waals surface area (Å²) in [7, 11) is 0. The number of nitrogens with one attached hydrogen (secondary N) is 1. The Balaban J connectivity index is 1.41. The van der Waals surface area contributed by atoms with Crippen LogP contribution in [0.1, 0.15) is 11.3 Å². The fourth-order valence-electron chi connectivity index (χ4n) is 3.13. The topological polar surface area (TPSA) is 108 Å². The predicted molar refractivity (Wildman–Crippen MR) is 116 cm³/mol. The first-order chi connectivity index (χ1) is 15.1. The van der Waals surface area contributed by atoms with Crippen LogP contribution in [0.15, 0.2) is 50.2 Å². The van der Waals surface area contributed by atoms with Crippen LogP contribution in [0.4, 0.5) is 5.82 Å². The van der Waals surface area contributed by atoms with Crippen molar-refractivity contribution in [2.45, 2.75) is 18.6 Å². The second kappa shape index (κ2) is 8.08. The summed E-state index contributed by atoms with van der Waals surface area (Å²) in [6.07, 6.45) is 0. The third-order valence-electron chi connectivity index (χ3n) is 4.54. The standard InChI is InChI=1S/C20H16N4O5S2/c1-11-6-16(23-29-11)22-17(25)9-31-20-21-13-4-5-30-18(13)19(26)24(20)8-12-2-3-14-15(7-12)28-10-27-14/h2-7H,8-10H2,1H3,(H,22,23,25). The fraction of sp³-hybridized carbons (Fsp3) is 0.200. The van der Waals surface area contributed by atoms with E-state index in [4.69, 9.17) is 14.0 Å². The summed E-state index contributed by atoms with van der Waals surface area (Å²) in [6.45, 7) is 2.22. The van der Waals surface area contributed by atoms with Gasteiger partial charge in [0.15, 0.2) is 22.5 Å². The molecule has 0 fully saturated rings. The predicted octanol–water partition coefficient (Wildman–Crippen LogP) is 3.26. The molecule has 5 rings (SSSR count). The van der Waals surface area contributed by atoms with Crippen LogP contribution in [0.3, 0.4) is 0 Å². The Bertz CT molecular complexity index is 1340. The number of thiophene rings is 1. The molecule has 0 atom stereocenters. The summed E-state index contributed by atoms with van der Waals surface area (Å²) < 4.78 is 17.9. The van der Waals surface area contributed by atoms with Crippen molar-refractivity contribution >= 4 is 45.0 Å². The Morgan fingerprint density at radius 3 is 2.97 bits per heavy atom. The highest BCUT2D eigenvalue weighted by Gasteiger charge is 2.18. The van der Waals surface area contributed by atoms with Crippen LogP contribution in [0.5, 0.6) is 11.5 Å². The quantitative estimate of drug-likeness (QED) is 0.348. The fourth-order valence-corrected chi connectivity index (χ4v) is 4.71. The van der Waals surface area contributed by atoms with Gasteiger partial charge in [0.1, 0.15) is 10.5 Å². The van der Waals surface area contributed by atoms with Gasteiger partial charge in [-0.1, -0.05) is 23.0 Å². The first-order valence-corrected chi connectivity index (χ1v) is 11.2. The van der Waals surface area contributed by atoms with E-state index in [0.717, 1.165) is 5.56 Å². The molecule has 1 aromatic carbocycles. The number of amides is 1. The van der Waals surface area contributed by atoms with Crippen molar-refractivity contribution in [1.82, 2.24) is 14.7 Å². The Kier molecular flexibility index (Phi) is 5.12. The third kappa shape index (κ3) is 4.01. The van der Waals surface area contributed by atoms with Gasteiger partial charge in [-0.15, -0.1) is 11.3 Å². The molecule has 4 heterocycles. The van der Waals surface area contributed by atoms with E-state index in [1.54, 1.807) is 23.6 Å². The Hall–Kier alpha value is -3.31. The van der Waals surface area contributed by atoms with Gasteiger partial charge in [-0.05, 0) is 36.1 Å². The Labute approximate surface area is 184 Å². The van der Waals surface area contributed by atoms with E-state index >= 15 is 0 Å². The SMILES string of the molecule is Cc1cc(NC(=O)CSc2nc3ccsc3c(=O)n2Cc2ccc3c(c2)OCO3)no1. The molecule has 1 amide bonds. The number of anilines is 1. The molecular formula is C20H16N4O5S2. The van der Waals surface area contributed by atoms with Gasteiger partial charge < -0.3 is 19.3 Å². The van der Waals surface area contributed by atoms with Crippen molar-refractivity contribution < 1.29 is 18.8 Å². The number of hydrogen-bond donors (Lipinski definition) is 1. The molecule has 3 aromatic heterocycles. The molecule has 1 N–H and O–H groups in total. The number of thioether (sulfide) groups is 1. The normalized spacial score (nSPS) is 12.4. The Morgan fingerprint density at radius 2 is 2.13 bits per heavy atom. The first-order valence-electron chi connectivity index (χ1n) is 9.29.